The standard InChI is InChI=1S/C17H19FN4O2/c1-11-19-15(21-14-6-4-13(18)5-7-14)9-16(20-11)22-8-2-3-12(10-22)17(23)24/h4-7,9,12H,2-3,8,10H2,1H3,(H,23,24)(H,19,20,21)/t12-/m1/s1. The normalized spacial score (nSPS) is 17.6. The molecule has 0 aliphatic carbocycles. The third-order valence-corrected chi connectivity index (χ3v) is 4.04. The fourth-order valence-electron chi connectivity index (χ4n) is 2.85. The maximum Gasteiger partial charge on any atom is 0.308 e. The first-order chi connectivity index (χ1) is 11.5. The molecule has 3 rings (SSSR count). The van der Waals surface area contributed by atoms with Gasteiger partial charge in [0.2, 0.25) is 0 Å². The summed E-state index contributed by atoms with van der Waals surface area (Å²) in [5, 5.41) is 12.4. The van der Waals surface area contributed by atoms with Crippen molar-refractivity contribution in [3.05, 3.63) is 42.0 Å². The molecule has 2 N–H and O–H groups in total. The lowest BCUT2D eigenvalue weighted by molar-refractivity contribution is -0.141. The zero-order valence-corrected chi connectivity index (χ0v) is 13.4. The maximum atomic E-state index is 13.0. The van der Waals surface area contributed by atoms with Crippen molar-refractivity contribution >= 4 is 23.3 Å². The fourth-order valence-corrected chi connectivity index (χ4v) is 2.85. The van der Waals surface area contributed by atoms with Crippen LogP contribution >= 0.6 is 0 Å². The number of nitrogens with zero attached hydrogens (tertiary/aromatic N) is 3. The number of hydrogen-bond donors (Lipinski definition) is 2. The van der Waals surface area contributed by atoms with Gasteiger partial charge in [0.25, 0.3) is 0 Å². The minimum absolute atomic E-state index is 0.298. The minimum atomic E-state index is -0.768. The molecule has 7 heteroatoms. The van der Waals surface area contributed by atoms with E-state index in [2.05, 4.69) is 15.3 Å². The first-order valence-electron chi connectivity index (χ1n) is 7.87. The van der Waals surface area contributed by atoms with Crippen LogP contribution in [0, 0.1) is 18.7 Å². The monoisotopic (exact) mass is 330 g/mol. The number of rotatable bonds is 4. The fraction of sp³-hybridized carbons (Fsp3) is 0.353. The summed E-state index contributed by atoms with van der Waals surface area (Å²) in [6.07, 6.45) is 1.51. The molecule has 1 aliphatic heterocycles. The van der Waals surface area contributed by atoms with Gasteiger partial charge in [-0.3, -0.25) is 4.79 Å². The van der Waals surface area contributed by atoms with Gasteiger partial charge in [-0.15, -0.1) is 0 Å². The van der Waals surface area contributed by atoms with Crippen molar-refractivity contribution in [1.29, 1.82) is 0 Å². The van der Waals surface area contributed by atoms with Gasteiger partial charge in [0.1, 0.15) is 23.3 Å². The Morgan fingerprint density at radius 2 is 2.08 bits per heavy atom. The second kappa shape index (κ2) is 6.82. The largest absolute Gasteiger partial charge is 0.481 e. The van der Waals surface area contributed by atoms with Gasteiger partial charge in [0.15, 0.2) is 0 Å². The van der Waals surface area contributed by atoms with Gasteiger partial charge in [-0.25, -0.2) is 14.4 Å². The Balaban J connectivity index is 1.80. The van der Waals surface area contributed by atoms with Crippen molar-refractivity contribution in [1.82, 2.24) is 9.97 Å². The van der Waals surface area contributed by atoms with Crippen molar-refractivity contribution in [2.24, 2.45) is 5.92 Å². The Morgan fingerprint density at radius 1 is 1.33 bits per heavy atom. The van der Waals surface area contributed by atoms with Crippen LogP contribution in [0.5, 0.6) is 0 Å². The minimum Gasteiger partial charge on any atom is -0.481 e. The molecule has 1 fully saturated rings. The number of aryl methyl sites for hydroxylation is 1. The average molecular weight is 330 g/mol. The summed E-state index contributed by atoms with van der Waals surface area (Å²) in [6, 6.07) is 7.81. The van der Waals surface area contributed by atoms with Gasteiger partial charge in [0, 0.05) is 24.8 Å². The van der Waals surface area contributed by atoms with Crippen molar-refractivity contribution in [2.45, 2.75) is 19.8 Å². The summed E-state index contributed by atoms with van der Waals surface area (Å²) < 4.78 is 13.0. The molecule has 24 heavy (non-hydrogen) atoms. The van der Waals surface area contributed by atoms with Crippen LogP contribution in [0.15, 0.2) is 30.3 Å². The van der Waals surface area contributed by atoms with Crippen LogP contribution in [0.2, 0.25) is 0 Å². The molecule has 0 radical (unpaired) electrons. The molecular formula is C17H19FN4O2. The van der Waals surface area contributed by atoms with Crippen LogP contribution in [0.1, 0.15) is 18.7 Å². The Bertz CT molecular complexity index is 736. The van der Waals surface area contributed by atoms with E-state index in [9.17, 15) is 14.3 Å². The maximum absolute atomic E-state index is 13.0. The number of hydrogen-bond acceptors (Lipinski definition) is 5. The van der Waals surface area contributed by atoms with Gasteiger partial charge in [-0.05, 0) is 44.0 Å². The van der Waals surface area contributed by atoms with Gasteiger partial charge in [-0.2, -0.15) is 0 Å². The molecule has 6 nitrogen and oxygen atoms in total. The first-order valence-corrected chi connectivity index (χ1v) is 7.87. The molecule has 0 spiro atoms. The molecule has 0 saturated carbocycles. The lowest BCUT2D eigenvalue weighted by Gasteiger charge is -2.31. The second-order valence-corrected chi connectivity index (χ2v) is 5.91. The van der Waals surface area contributed by atoms with Gasteiger partial charge in [-0.1, -0.05) is 0 Å². The zero-order valence-electron chi connectivity index (χ0n) is 13.4. The van der Waals surface area contributed by atoms with E-state index >= 15 is 0 Å². The van der Waals surface area contributed by atoms with E-state index in [1.165, 1.54) is 12.1 Å². The van der Waals surface area contributed by atoms with Crippen molar-refractivity contribution in [3.8, 4) is 0 Å². The van der Waals surface area contributed by atoms with Crippen molar-refractivity contribution < 1.29 is 14.3 Å². The van der Waals surface area contributed by atoms with E-state index in [-0.39, 0.29) is 11.7 Å². The Hall–Kier alpha value is -2.70. The summed E-state index contributed by atoms with van der Waals surface area (Å²) in [5.74, 6) is 0.458. The quantitative estimate of drug-likeness (QED) is 0.897. The van der Waals surface area contributed by atoms with Crippen molar-refractivity contribution in [2.75, 3.05) is 23.3 Å². The van der Waals surface area contributed by atoms with Gasteiger partial charge >= 0.3 is 5.97 Å². The third-order valence-electron chi connectivity index (χ3n) is 4.04. The molecule has 0 amide bonds. The van der Waals surface area contributed by atoms with Crippen LogP contribution in [0.25, 0.3) is 0 Å². The van der Waals surface area contributed by atoms with E-state index in [4.69, 9.17) is 0 Å². The van der Waals surface area contributed by atoms with Crippen LogP contribution in [0.3, 0.4) is 0 Å². The smallest absolute Gasteiger partial charge is 0.308 e. The van der Waals surface area contributed by atoms with Gasteiger partial charge < -0.3 is 15.3 Å². The van der Waals surface area contributed by atoms with Crippen LogP contribution in [-0.4, -0.2) is 34.1 Å². The molecule has 0 unspecified atom stereocenters. The Morgan fingerprint density at radius 3 is 2.79 bits per heavy atom. The number of carboxylic acid groups (broad SMARTS) is 1. The predicted molar refractivity (Wildman–Crippen MR) is 89.0 cm³/mol. The molecule has 2 heterocycles. The van der Waals surface area contributed by atoms with E-state index < -0.39 is 5.97 Å². The predicted octanol–water partition coefficient (Wildman–Crippen LogP) is 2.97. The summed E-state index contributed by atoms with van der Waals surface area (Å²) in [4.78, 5) is 22.0. The molecule has 1 aliphatic rings. The second-order valence-electron chi connectivity index (χ2n) is 5.91. The molecular weight excluding hydrogens is 311 g/mol. The summed E-state index contributed by atoms with van der Waals surface area (Å²) >= 11 is 0. The average Bonchev–Trinajstić information content (AvgIpc) is 2.56. The molecule has 1 aromatic carbocycles. The molecule has 2 aromatic rings. The number of carbonyl (C=O) groups is 1. The summed E-state index contributed by atoms with van der Waals surface area (Å²) in [6.45, 7) is 3.01. The Labute approximate surface area is 139 Å². The van der Waals surface area contributed by atoms with E-state index in [0.29, 0.717) is 30.4 Å². The van der Waals surface area contributed by atoms with E-state index in [1.54, 1.807) is 25.1 Å². The number of halogens is 1. The van der Waals surface area contributed by atoms with E-state index in [0.717, 1.165) is 18.7 Å². The first kappa shape index (κ1) is 16.2. The molecule has 1 atom stereocenters. The van der Waals surface area contributed by atoms with Crippen molar-refractivity contribution in [3.63, 3.8) is 0 Å². The van der Waals surface area contributed by atoms with Gasteiger partial charge in [0.05, 0.1) is 5.92 Å². The lowest BCUT2D eigenvalue weighted by atomic mass is 9.98. The summed E-state index contributed by atoms with van der Waals surface area (Å²) in [7, 11) is 0. The van der Waals surface area contributed by atoms with Crippen LogP contribution in [0.4, 0.5) is 21.7 Å². The number of piperidine rings is 1. The van der Waals surface area contributed by atoms with E-state index in [1.807, 2.05) is 4.90 Å². The number of anilines is 3. The number of nitrogens with one attached hydrogen (secondary N) is 1. The van der Waals surface area contributed by atoms with Crippen LogP contribution < -0.4 is 10.2 Å². The number of benzene rings is 1. The molecule has 126 valence electrons. The molecule has 1 aromatic heterocycles. The highest BCUT2D eigenvalue weighted by molar-refractivity contribution is 5.71. The lowest BCUT2D eigenvalue weighted by Crippen LogP contribution is -2.39. The number of carboxylic acids is 1. The topological polar surface area (TPSA) is 78.4 Å². The third kappa shape index (κ3) is 3.79. The molecule has 0 bridgehead atoms. The summed E-state index contributed by atoms with van der Waals surface area (Å²) in [5.41, 5.74) is 0.725. The molecule has 1 saturated heterocycles. The van der Waals surface area contributed by atoms with Crippen LogP contribution in [-0.2, 0) is 4.79 Å². The zero-order chi connectivity index (χ0) is 17.1. The highest BCUT2D eigenvalue weighted by Gasteiger charge is 2.26. The highest BCUT2D eigenvalue weighted by Crippen LogP contribution is 2.25. The number of aliphatic carboxylic acids is 1. The Kier molecular flexibility index (Phi) is 4.59. The SMILES string of the molecule is Cc1nc(Nc2ccc(F)cc2)cc(N2CCC[C@@H](C(=O)O)C2)n1. The number of aromatic nitrogens is 2. The highest BCUT2D eigenvalue weighted by atomic mass is 19.1.